The number of pyridine rings is 1. The Kier molecular flexibility index (Phi) is 4.04. The second-order valence-corrected chi connectivity index (χ2v) is 4.79. The summed E-state index contributed by atoms with van der Waals surface area (Å²) in [7, 11) is 0. The minimum absolute atomic E-state index is 0.00527. The lowest BCUT2D eigenvalue weighted by molar-refractivity contribution is 0.166. The van der Waals surface area contributed by atoms with Crippen LogP contribution < -0.4 is 5.32 Å². The Morgan fingerprint density at radius 1 is 1.72 bits per heavy atom. The summed E-state index contributed by atoms with van der Waals surface area (Å²) in [4.78, 5) is 17.7. The van der Waals surface area contributed by atoms with Gasteiger partial charge in [0.25, 0.3) is 0 Å². The van der Waals surface area contributed by atoms with Gasteiger partial charge in [0.2, 0.25) is 0 Å². The van der Waals surface area contributed by atoms with E-state index in [1.807, 2.05) is 6.92 Å². The Labute approximate surface area is 111 Å². The third-order valence-electron chi connectivity index (χ3n) is 3.11. The molecule has 6 heteroatoms. The van der Waals surface area contributed by atoms with Crippen LogP contribution in [0.5, 0.6) is 0 Å². The number of nitrogens with zero attached hydrogens (tertiary/aromatic N) is 2. The molecule has 0 radical (unpaired) electrons. The molecule has 0 saturated carbocycles. The van der Waals surface area contributed by atoms with E-state index in [1.165, 1.54) is 6.20 Å². The number of aliphatic hydroxyl groups excluding tert-OH is 1. The molecule has 5 nitrogen and oxygen atoms in total. The lowest BCUT2D eigenvalue weighted by Gasteiger charge is -2.23. The molecule has 1 aromatic heterocycles. The number of rotatable bonds is 2. The maximum Gasteiger partial charge on any atom is 0.322 e. The molecule has 1 saturated heterocycles. The van der Waals surface area contributed by atoms with Crippen LogP contribution in [-0.4, -0.2) is 40.2 Å². The van der Waals surface area contributed by atoms with Gasteiger partial charge in [-0.25, -0.2) is 9.78 Å². The molecule has 0 aliphatic carbocycles. The van der Waals surface area contributed by atoms with Crippen LogP contribution in [0.15, 0.2) is 12.3 Å². The Hall–Kier alpha value is -1.33. The van der Waals surface area contributed by atoms with Gasteiger partial charge in [-0.1, -0.05) is 11.6 Å². The number of aliphatic hydroxyl groups is 1. The molecular formula is C12H16ClN3O2. The number of urea groups is 1. The summed E-state index contributed by atoms with van der Waals surface area (Å²) in [6.07, 6.45) is 3.30. The van der Waals surface area contributed by atoms with E-state index >= 15 is 0 Å². The van der Waals surface area contributed by atoms with Crippen molar-refractivity contribution in [3.63, 3.8) is 0 Å². The Balaban J connectivity index is 2.04. The number of halogens is 1. The summed E-state index contributed by atoms with van der Waals surface area (Å²) >= 11 is 5.82. The Morgan fingerprint density at radius 3 is 3.17 bits per heavy atom. The monoisotopic (exact) mass is 269 g/mol. The smallest absolute Gasteiger partial charge is 0.322 e. The molecule has 0 bridgehead atoms. The van der Waals surface area contributed by atoms with Gasteiger partial charge in [0.15, 0.2) is 0 Å². The highest BCUT2D eigenvalue weighted by Crippen LogP contribution is 2.20. The third-order valence-corrected chi connectivity index (χ3v) is 3.51. The molecule has 98 valence electrons. The zero-order valence-corrected chi connectivity index (χ0v) is 10.9. The van der Waals surface area contributed by atoms with Gasteiger partial charge in [-0.05, 0) is 31.4 Å². The lowest BCUT2D eigenvalue weighted by atomic mass is 10.2. The maximum atomic E-state index is 12.0. The lowest BCUT2D eigenvalue weighted by Crippen LogP contribution is -2.40. The van der Waals surface area contributed by atoms with Crippen molar-refractivity contribution >= 4 is 23.3 Å². The van der Waals surface area contributed by atoms with Gasteiger partial charge in [-0.3, -0.25) is 0 Å². The van der Waals surface area contributed by atoms with E-state index in [1.54, 1.807) is 11.0 Å². The first-order valence-electron chi connectivity index (χ1n) is 5.92. The number of hydrogen-bond donors (Lipinski definition) is 2. The predicted molar refractivity (Wildman–Crippen MR) is 69.8 cm³/mol. The van der Waals surface area contributed by atoms with Gasteiger partial charge < -0.3 is 15.3 Å². The number of nitrogens with one attached hydrogen (secondary N) is 1. The highest BCUT2D eigenvalue weighted by molar-refractivity contribution is 6.30. The first-order chi connectivity index (χ1) is 8.61. The number of carbonyl (C=O) groups excluding carboxylic acids is 1. The van der Waals surface area contributed by atoms with Crippen LogP contribution in [0.3, 0.4) is 0 Å². The molecule has 0 spiro atoms. The molecule has 2 N–H and O–H groups in total. The summed E-state index contributed by atoms with van der Waals surface area (Å²) in [6, 6.07) is 1.50. The number of aryl methyl sites for hydroxylation is 1. The Bertz CT molecular complexity index is 453. The highest BCUT2D eigenvalue weighted by atomic mass is 35.5. The van der Waals surface area contributed by atoms with Crippen molar-refractivity contribution in [2.45, 2.75) is 25.8 Å². The van der Waals surface area contributed by atoms with Crippen molar-refractivity contribution in [1.29, 1.82) is 0 Å². The highest BCUT2D eigenvalue weighted by Gasteiger charge is 2.28. The number of hydrogen-bond acceptors (Lipinski definition) is 3. The van der Waals surface area contributed by atoms with Crippen LogP contribution in [0.25, 0.3) is 0 Å². The zero-order valence-electron chi connectivity index (χ0n) is 10.2. The summed E-state index contributed by atoms with van der Waals surface area (Å²) in [6.45, 7) is 2.51. The quantitative estimate of drug-likeness (QED) is 0.808. The second-order valence-electron chi connectivity index (χ2n) is 4.43. The van der Waals surface area contributed by atoms with E-state index < -0.39 is 0 Å². The summed E-state index contributed by atoms with van der Waals surface area (Å²) in [5.41, 5.74) is 1.43. The first-order valence-corrected chi connectivity index (χ1v) is 6.30. The van der Waals surface area contributed by atoms with E-state index in [-0.39, 0.29) is 18.7 Å². The molecule has 2 heterocycles. The second kappa shape index (κ2) is 5.54. The van der Waals surface area contributed by atoms with Crippen molar-refractivity contribution in [3.8, 4) is 0 Å². The van der Waals surface area contributed by atoms with E-state index in [4.69, 9.17) is 11.6 Å². The van der Waals surface area contributed by atoms with Gasteiger partial charge >= 0.3 is 6.03 Å². The van der Waals surface area contributed by atoms with E-state index in [2.05, 4.69) is 10.3 Å². The minimum atomic E-state index is -0.199. The molecule has 18 heavy (non-hydrogen) atoms. The zero-order chi connectivity index (χ0) is 13.1. The normalized spacial score (nSPS) is 19.1. The first kappa shape index (κ1) is 13.1. The average molecular weight is 270 g/mol. The van der Waals surface area contributed by atoms with Crippen LogP contribution >= 0.6 is 11.6 Å². The van der Waals surface area contributed by atoms with Crippen molar-refractivity contribution in [2.24, 2.45) is 0 Å². The number of anilines is 1. The maximum absolute atomic E-state index is 12.0. The summed E-state index contributed by atoms with van der Waals surface area (Å²) in [5.74, 6) is 0. The topological polar surface area (TPSA) is 65.5 Å². The molecule has 1 fully saturated rings. The van der Waals surface area contributed by atoms with Crippen molar-refractivity contribution in [3.05, 3.63) is 23.0 Å². The molecule has 1 aromatic rings. The fraction of sp³-hybridized carbons (Fsp3) is 0.500. The average Bonchev–Trinajstić information content (AvgIpc) is 2.82. The third kappa shape index (κ3) is 2.73. The van der Waals surface area contributed by atoms with Crippen LogP contribution in [0.4, 0.5) is 10.5 Å². The molecule has 1 aliphatic heterocycles. The van der Waals surface area contributed by atoms with E-state index in [0.717, 1.165) is 18.4 Å². The van der Waals surface area contributed by atoms with Crippen molar-refractivity contribution in [2.75, 3.05) is 18.5 Å². The molecule has 0 aromatic carbocycles. The number of amides is 2. The number of likely N-dealkylation sites (tertiary alicyclic amines) is 1. The summed E-state index contributed by atoms with van der Waals surface area (Å²) < 4.78 is 0. The Morgan fingerprint density at radius 2 is 2.50 bits per heavy atom. The van der Waals surface area contributed by atoms with Gasteiger partial charge in [0, 0.05) is 6.54 Å². The fourth-order valence-electron chi connectivity index (χ4n) is 2.11. The molecule has 2 amide bonds. The fourth-order valence-corrected chi connectivity index (χ4v) is 2.22. The standard InChI is InChI=1S/C12H16ClN3O2/c1-8-5-9(6-14-11(8)13)15-12(18)16-4-2-3-10(16)7-17/h5-6,10,17H,2-4,7H2,1H3,(H,15,18)/t10-/m0/s1. The van der Waals surface area contributed by atoms with E-state index in [9.17, 15) is 9.90 Å². The van der Waals surface area contributed by atoms with Gasteiger partial charge in [-0.15, -0.1) is 0 Å². The van der Waals surface area contributed by atoms with Crippen molar-refractivity contribution in [1.82, 2.24) is 9.88 Å². The SMILES string of the molecule is Cc1cc(NC(=O)N2CCC[C@H]2CO)cnc1Cl. The van der Waals surface area contributed by atoms with Crippen LogP contribution in [0.1, 0.15) is 18.4 Å². The van der Waals surface area contributed by atoms with Gasteiger partial charge in [0.1, 0.15) is 5.15 Å². The molecule has 2 rings (SSSR count). The minimum Gasteiger partial charge on any atom is -0.394 e. The van der Waals surface area contributed by atoms with Crippen molar-refractivity contribution < 1.29 is 9.90 Å². The molecule has 0 unspecified atom stereocenters. The van der Waals surface area contributed by atoms with E-state index in [0.29, 0.717) is 17.4 Å². The van der Waals surface area contributed by atoms with Gasteiger partial charge in [-0.2, -0.15) is 0 Å². The number of aromatic nitrogens is 1. The van der Waals surface area contributed by atoms with Crippen LogP contribution in [0.2, 0.25) is 5.15 Å². The van der Waals surface area contributed by atoms with Crippen LogP contribution in [-0.2, 0) is 0 Å². The largest absolute Gasteiger partial charge is 0.394 e. The number of carbonyl (C=O) groups is 1. The van der Waals surface area contributed by atoms with Gasteiger partial charge in [0.05, 0.1) is 24.5 Å². The summed E-state index contributed by atoms with van der Waals surface area (Å²) in [5, 5.41) is 12.4. The molecule has 1 atom stereocenters. The predicted octanol–water partition coefficient (Wildman–Crippen LogP) is 2.03. The molecular weight excluding hydrogens is 254 g/mol. The van der Waals surface area contributed by atoms with Crippen LogP contribution in [0, 0.1) is 6.92 Å². The molecule has 1 aliphatic rings.